The maximum atomic E-state index is 6.35. The zero-order chi connectivity index (χ0) is 14.9. The van der Waals surface area contributed by atoms with Crippen LogP contribution in [0, 0.1) is 18.8 Å². The SMILES string of the molecule is Cc1ccc(C(C(C)N)N2CC(C)CC(C)C2C)cc1. The van der Waals surface area contributed by atoms with Gasteiger partial charge in [-0.05, 0) is 44.6 Å². The molecule has 0 spiro atoms. The summed E-state index contributed by atoms with van der Waals surface area (Å²) in [4.78, 5) is 2.63. The summed E-state index contributed by atoms with van der Waals surface area (Å²) >= 11 is 0. The summed E-state index contributed by atoms with van der Waals surface area (Å²) in [5, 5.41) is 0. The van der Waals surface area contributed by atoms with Crippen LogP contribution in [0.25, 0.3) is 0 Å². The van der Waals surface area contributed by atoms with E-state index in [1.165, 1.54) is 17.5 Å². The van der Waals surface area contributed by atoms with Crippen molar-refractivity contribution in [2.45, 2.75) is 59.2 Å². The Morgan fingerprint density at radius 2 is 1.75 bits per heavy atom. The van der Waals surface area contributed by atoms with Crippen LogP contribution in [-0.2, 0) is 0 Å². The third kappa shape index (κ3) is 3.24. The quantitative estimate of drug-likeness (QED) is 0.909. The van der Waals surface area contributed by atoms with E-state index in [4.69, 9.17) is 5.73 Å². The predicted octanol–water partition coefficient (Wildman–Crippen LogP) is 3.75. The Hall–Kier alpha value is -0.860. The summed E-state index contributed by atoms with van der Waals surface area (Å²) < 4.78 is 0. The van der Waals surface area contributed by atoms with Gasteiger partial charge in [0.2, 0.25) is 0 Å². The Labute approximate surface area is 124 Å². The molecule has 5 unspecified atom stereocenters. The first-order valence-electron chi connectivity index (χ1n) is 7.98. The summed E-state index contributed by atoms with van der Waals surface area (Å²) in [6.45, 7) is 12.5. The molecule has 1 aromatic rings. The van der Waals surface area contributed by atoms with Crippen LogP contribution < -0.4 is 5.73 Å². The lowest BCUT2D eigenvalue weighted by atomic mass is 9.83. The van der Waals surface area contributed by atoms with Crippen LogP contribution in [0.15, 0.2) is 24.3 Å². The molecule has 2 N–H and O–H groups in total. The fourth-order valence-corrected chi connectivity index (χ4v) is 3.69. The molecule has 2 rings (SSSR count). The molecule has 20 heavy (non-hydrogen) atoms. The lowest BCUT2D eigenvalue weighted by Crippen LogP contribution is -2.51. The average Bonchev–Trinajstić information content (AvgIpc) is 2.37. The van der Waals surface area contributed by atoms with Crippen LogP contribution in [0.4, 0.5) is 0 Å². The van der Waals surface area contributed by atoms with Crippen molar-refractivity contribution in [2.75, 3.05) is 6.54 Å². The second kappa shape index (κ2) is 6.28. The summed E-state index contributed by atoms with van der Waals surface area (Å²) in [6, 6.07) is 9.98. The van der Waals surface area contributed by atoms with Crippen LogP contribution in [0.2, 0.25) is 0 Å². The molecule has 0 amide bonds. The van der Waals surface area contributed by atoms with Crippen molar-refractivity contribution < 1.29 is 0 Å². The molecule has 1 fully saturated rings. The third-order valence-corrected chi connectivity index (χ3v) is 4.92. The van der Waals surface area contributed by atoms with Gasteiger partial charge in [-0.1, -0.05) is 43.7 Å². The maximum Gasteiger partial charge on any atom is 0.0499 e. The highest BCUT2D eigenvalue weighted by atomic mass is 15.2. The number of rotatable bonds is 3. The largest absolute Gasteiger partial charge is 0.326 e. The summed E-state index contributed by atoms with van der Waals surface area (Å²) in [5.41, 5.74) is 9.02. The van der Waals surface area contributed by atoms with Gasteiger partial charge in [0.15, 0.2) is 0 Å². The highest BCUT2D eigenvalue weighted by molar-refractivity contribution is 5.25. The third-order valence-electron chi connectivity index (χ3n) is 4.92. The van der Waals surface area contributed by atoms with Crippen molar-refractivity contribution in [2.24, 2.45) is 17.6 Å². The molecule has 1 heterocycles. The molecule has 1 aliphatic heterocycles. The van der Waals surface area contributed by atoms with Crippen molar-refractivity contribution >= 4 is 0 Å². The first-order valence-corrected chi connectivity index (χ1v) is 7.98. The van der Waals surface area contributed by atoms with Gasteiger partial charge >= 0.3 is 0 Å². The van der Waals surface area contributed by atoms with Crippen molar-refractivity contribution in [1.82, 2.24) is 4.90 Å². The fraction of sp³-hybridized carbons (Fsp3) is 0.667. The van der Waals surface area contributed by atoms with E-state index < -0.39 is 0 Å². The van der Waals surface area contributed by atoms with Gasteiger partial charge in [-0.15, -0.1) is 0 Å². The van der Waals surface area contributed by atoms with Crippen molar-refractivity contribution in [3.63, 3.8) is 0 Å². The number of benzene rings is 1. The first-order chi connectivity index (χ1) is 9.40. The van der Waals surface area contributed by atoms with Crippen LogP contribution in [0.3, 0.4) is 0 Å². The second-order valence-corrected chi connectivity index (χ2v) is 6.97. The topological polar surface area (TPSA) is 29.3 Å². The lowest BCUT2D eigenvalue weighted by molar-refractivity contribution is 0.0314. The highest BCUT2D eigenvalue weighted by Crippen LogP contribution is 2.35. The van der Waals surface area contributed by atoms with Gasteiger partial charge in [0.05, 0.1) is 0 Å². The summed E-state index contributed by atoms with van der Waals surface area (Å²) in [7, 11) is 0. The first kappa shape index (κ1) is 15.5. The van der Waals surface area contributed by atoms with E-state index >= 15 is 0 Å². The highest BCUT2D eigenvalue weighted by Gasteiger charge is 2.35. The molecule has 1 aliphatic rings. The van der Waals surface area contributed by atoms with E-state index in [1.54, 1.807) is 0 Å². The summed E-state index contributed by atoms with van der Waals surface area (Å²) in [5.74, 6) is 1.50. The van der Waals surface area contributed by atoms with Gasteiger partial charge in [0.1, 0.15) is 0 Å². The smallest absolute Gasteiger partial charge is 0.0499 e. The molecule has 2 nitrogen and oxygen atoms in total. The monoisotopic (exact) mass is 274 g/mol. The van der Waals surface area contributed by atoms with E-state index in [9.17, 15) is 0 Å². The van der Waals surface area contributed by atoms with E-state index in [2.05, 4.69) is 63.8 Å². The van der Waals surface area contributed by atoms with Gasteiger partial charge in [-0.2, -0.15) is 0 Å². The molecule has 1 saturated heterocycles. The standard InChI is InChI=1S/C18H30N2/c1-12-6-8-17(9-7-12)18(15(4)19)20-11-13(2)10-14(3)16(20)5/h6-9,13-16,18H,10-11,19H2,1-5H3. The molecule has 0 radical (unpaired) electrons. The molecule has 1 aromatic carbocycles. The average molecular weight is 274 g/mol. The maximum absolute atomic E-state index is 6.35. The molecule has 2 heteroatoms. The Kier molecular flexibility index (Phi) is 4.87. The van der Waals surface area contributed by atoms with Crippen molar-refractivity contribution in [3.8, 4) is 0 Å². The Morgan fingerprint density at radius 1 is 1.15 bits per heavy atom. The molecular formula is C18H30N2. The molecule has 0 saturated carbocycles. The van der Waals surface area contributed by atoms with Gasteiger partial charge in [0.25, 0.3) is 0 Å². The summed E-state index contributed by atoms with van der Waals surface area (Å²) in [6.07, 6.45) is 1.33. The normalized spacial score (nSPS) is 31.0. The Bertz CT molecular complexity index is 424. The minimum atomic E-state index is 0.151. The van der Waals surface area contributed by atoms with E-state index in [0.29, 0.717) is 12.1 Å². The van der Waals surface area contributed by atoms with E-state index in [-0.39, 0.29) is 6.04 Å². The molecule has 5 atom stereocenters. The number of aryl methyl sites for hydroxylation is 1. The minimum Gasteiger partial charge on any atom is -0.326 e. The predicted molar refractivity (Wildman–Crippen MR) is 86.7 cm³/mol. The Balaban J connectivity index is 2.30. The Morgan fingerprint density at radius 3 is 2.30 bits per heavy atom. The van der Waals surface area contributed by atoms with Gasteiger partial charge < -0.3 is 5.73 Å². The second-order valence-electron chi connectivity index (χ2n) is 6.97. The fourth-order valence-electron chi connectivity index (χ4n) is 3.69. The minimum absolute atomic E-state index is 0.151. The molecule has 0 bridgehead atoms. The van der Waals surface area contributed by atoms with E-state index in [0.717, 1.165) is 18.4 Å². The van der Waals surface area contributed by atoms with Crippen LogP contribution in [0.1, 0.15) is 51.3 Å². The zero-order valence-electron chi connectivity index (χ0n) is 13.6. The number of nitrogens with zero attached hydrogens (tertiary/aromatic N) is 1. The molecule has 0 aliphatic carbocycles. The van der Waals surface area contributed by atoms with Gasteiger partial charge in [-0.25, -0.2) is 0 Å². The van der Waals surface area contributed by atoms with Crippen LogP contribution in [0.5, 0.6) is 0 Å². The number of likely N-dealkylation sites (tertiary alicyclic amines) is 1. The molecule has 0 aromatic heterocycles. The van der Waals surface area contributed by atoms with Crippen molar-refractivity contribution in [3.05, 3.63) is 35.4 Å². The van der Waals surface area contributed by atoms with Crippen LogP contribution in [-0.4, -0.2) is 23.5 Å². The number of hydrogen-bond acceptors (Lipinski definition) is 2. The molecular weight excluding hydrogens is 244 g/mol. The number of piperidine rings is 1. The van der Waals surface area contributed by atoms with Gasteiger partial charge in [0, 0.05) is 24.7 Å². The van der Waals surface area contributed by atoms with Crippen molar-refractivity contribution in [1.29, 1.82) is 0 Å². The molecule has 112 valence electrons. The number of hydrogen-bond donors (Lipinski definition) is 1. The van der Waals surface area contributed by atoms with Crippen LogP contribution >= 0.6 is 0 Å². The zero-order valence-corrected chi connectivity index (χ0v) is 13.6. The van der Waals surface area contributed by atoms with E-state index in [1.807, 2.05) is 0 Å². The number of nitrogens with two attached hydrogens (primary N) is 1. The lowest BCUT2D eigenvalue weighted by Gasteiger charge is -2.46. The van der Waals surface area contributed by atoms with Gasteiger partial charge in [-0.3, -0.25) is 4.90 Å².